The van der Waals surface area contributed by atoms with Gasteiger partial charge in [-0.05, 0) is 92.8 Å². The molecule has 2 fully saturated rings. The van der Waals surface area contributed by atoms with Crippen molar-refractivity contribution in [3.63, 3.8) is 0 Å². The van der Waals surface area contributed by atoms with E-state index in [0.717, 1.165) is 74.3 Å². The molecule has 3 aromatic rings. The minimum absolute atomic E-state index is 0.0481. The van der Waals surface area contributed by atoms with E-state index in [-0.39, 0.29) is 11.9 Å². The first-order valence-corrected chi connectivity index (χ1v) is 14.0. The molecule has 7 heteroatoms. The first-order chi connectivity index (χ1) is 18.1. The molecule has 37 heavy (non-hydrogen) atoms. The molecule has 0 radical (unpaired) electrons. The van der Waals surface area contributed by atoms with E-state index in [4.69, 9.17) is 10.1 Å². The van der Waals surface area contributed by atoms with Crippen LogP contribution in [0.1, 0.15) is 74.1 Å². The molecule has 1 aromatic carbocycles. The molecule has 6 nitrogen and oxygen atoms in total. The molecule has 188 valence electrons. The molecule has 1 amide bonds. The number of amides is 1. The molecule has 1 unspecified atom stereocenters. The van der Waals surface area contributed by atoms with E-state index in [0.29, 0.717) is 11.6 Å². The molecule has 0 N–H and O–H groups in total. The maximum Gasteiger partial charge on any atom is 0.273 e. The van der Waals surface area contributed by atoms with E-state index < -0.39 is 0 Å². The quantitative estimate of drug-likeness (QED) is 0.518. The van der Waals surface area contributed by atoms with Gasteiger partial charge in [0.2, 0.25) is 0 Å². The van der Waals surface area contributed by atoms with Crippen molar-refractivity contribution in [2.24, 2.45) is 0 Å². The SMILES string of the molecule is Bc1cc(N2CCCC2)ccc1-c1cc2cc(C(=O)N3CCC4=C(CCC=C4)C3C)nc(C3CC3)n2n1. The maximum absolute atomic E-state index is 13.8. The molecule has 1 atom stereocenters. The standard InChI is InChI=1S/C30H34BN5O/c1-19-24-7-3-2-6-20(24)12-15-35(19)30(37)28-18-23-17-27(33-36(23)29(32-28)21-8-9-21)25-11-10-22(16-26(25)31)34-13-4-5-14-34/h2,6,10-11,16-19,21H,3-5,7-9,12-15,31H2,1H3. The summed E-state index contributed by atoms with van der Waals surface area (Å²) in [6.45, 7) is 5.22. The summed E-state index contributed by atoms with van der Waals surface area (Å²) in [6.07, 6.45) is 12.4. The molecule has 4 aliphatic rings. The summed E-state index contributed by atoms with van der Waals surface area (Å²) in [5.74, 6) is 1.37. The summed E-state index contributed by atoms with van der Waals surface area (Å²) >= 11 is 0. The third-order valence-electron chi connectivity index (χ3n) is 8.76. The lowest BCUT2D eigenvalue weighted by atomic mass is 9.86. The zero-order valence-electron chi connectivity index (χ0n) is 21.9. The minimum Gasteiger partial charge on any atom is -0.372 e. The van der Waals surface area contributed by atoms with Gasteiger partial charge in [-0.1, -0.05) is 23.7 Å². The number of allylic oxidation sites excluding steroid dienone is 2. The summed E-state index contributed by atoms with van der Waals surface area (Å²) < 4.78 is 1.99. The molecular formula is C30H34BN5O. The number of rotatable bonds is 4. The lowest BCUT2D eigenvalue weighted by Crippen LogP contribution is -2.44. The van der Waals surface area contributed by atoms with Crippen LogP contribution < -0.4 is 10.4 Å². The van der Waals surface area contributed by atoms with Gasteiger partial charge in [-0.2, -0.15) is 5.10 Å². The molecular weight excluding hydrogens is 457 g/mol. The van der Waals surface area contributed by atoms with Crippen molar-refractivity contribution in [1.82, 2.24) is 19.5 Å². The summed E-state index contributed by atoms with van der Waals surface area (Å²) in [5, 5.41) is 5.01. The van der Waals surface area contributed by atoms with Crippen LogP contribution in [-0.2, 0) is 0 Å². The smallest absolute Gasteiger partial charge is 0.273 e. The average Bonchev–Trinajstić information content (AvgIpc) is 3.43. The fraction of sp³-hybridized carbons (Fsp3) is 0.433. The molecule has 2 aromatic heterocycles. The van der Waals surface area contributed by atoms with Gasteiger partial charge in [0.25, 0.3) is 5.91 Å². The minimum atomic E-state index is 0.0481. The second-order valence-electron chi connectivity index (χ2n) is 11.2. The number of carbonyl (C=O) groups excluding carboxylic acids is 1. The lowest BCUT2D eigenvalue weighted by Gasteiger charge is -2.37. The topological polar surface area (TPSA) is 53.7 Å². The van der Waals surface area contributed by atoms with E-state index in [1.54, 1.807) is 0 Å². The summed E-state index contributed by atoms with van der Waals surface area (Å²) in [5.41, 5.74) is 9.01. The molecule has 1 saturated heterocycles. The van der Waals surface area contributed by atoms with Gasteiger partial charge in [-0.3, -0.25) is 4.79 Å². The zero-order valence-corrected chi connectivity index (χ0v) is 21.9. The summed E-state index contributed by atoms with van der Waals surface area (Å²) in [4.78, 5) is 23.3. The largest absolute Gasteiger partial charge is 0.372 e. The van der Waals surface area contributed by atoms with Crippen LogP contribution in [0.2, 0.25) is 0 Å². The van der Waals surface area contributed by atoms with E-state index in [1.165, 1.54) is 35.1 Å². The van der Waals surface area contributed by atoms with Crippen molar-refractivity contribution in [2.45, 2.75) is 63.8 Å². The van der Waals surface area contributed by atoms with Crippen LogP contribution >= 0.6 is 0 Å². The van der Waals surface area contributed by atoms with Crippen LogP contribution in [0.5, 0.6) is 0 Å². The summed E-state index contributed by atoms with van der Waals surface area (Å²) in [6, 6.07) is 10.9. The number of fused-ring (bicyclic) bond motifs is 1. The predicted molar refractivity (Wildman–Crippen MR) is 151 cm³/mol. The van der Waals surface area contributed by atoms with Crippen molar-refractivity contribution in [3.05, 3.63) is 65.1 Å². The summed E-state index contributed by atoms with van der Waals surface area (Å²) in [7, 11) is 2.18. The fourth-order valence-corrected chi connectivity index (χ4v) is 6.48. The highest BCUT2D eigenvalue weighted by Crippen LogP contribution is 2.40. The van der Waals surface area contributed by atoms with Crippen LogP contribution in [0.15, 0.2) is 53.6 Å². The third-order valence-corrected chi connectivity index (χ3v) is 8.76. The Morgan fingerprint density at radius 2 is 1.89 bits per heavy atom. The van der Waals surface area contributed by atoms with Gasteiger partial charge in [-0.25, -0.2) is 9.50 Å². The number of anilines is 1. The van der Waals surface area contributed by atoms with Crippen molar-refractivity contribution < 1.29 is 4.79 Å². The maximum atomic E-state index is 13.8. The monoisotopic (exact) mass is 491 g/mol. The van der Waals surface area contributed by atoms with E-state index in [9.17, 15) is 4.79 Å². The van der Waals surface area contributed by atoms with Crippen molar-refractivity contribution in [1.29, 1.82) is 0 Å². The van der Waals surface area contributed by atoms with Gasteiger partial charge in [0.15, 0.2) is 0 Å². The van der Waals surface area contributed by atoms with Crippen molar-refractivity contribution in [2.75, 3.05) is 24.5 Å². The Morgan fingerprint density at radius 1 is 1.05 bits per heavy atom. The molecule has 1 saturated carbocycles. The molecule has 2 aliphatic heterocycles. The van der Waals surface area contributed by atoms with Crippen molar-refractivity contribution in [3.8, 4) is 11.3 Å². The van der Waals surface area contributed by atoms with Gasteiger partial charge in [0.1, 0.15) is 19.4 Å². The Bertz CT molecular complexity index is 1460. The first-order valence-electron chi connectivity index (χ1n) is 14.0. The Balaban J connectivity index is 1.24. The predicted octanol–water partition coefficient (Wildman–Crippen LogP) is 4.01. The van der Waals surface area contributed by atoms with E-state index in [2.05, 4.69) is 56.1 Å². The second-order valence-corrected chi connectivity index (χ2v) is 11.2. The second kappa shape index (κ2) is 8.89. The Labute approximate surface area is 219 Å². The lowest BCUT2D eigenvalue weighted by molar-refractivity contribution is 0.0697. The highest BCUT2D eigenvalue weighted by Gasteiger charge is 2.33. The van der Waals surface area contributed by atoms with Crippen LogP contribution in [-0.4, -0.2) is 58.9 Å². The Kier molecular flexibility index (Phi) is 5.49. The number of carbonyl (C=O) groups is 1. The molecule has 2 aliphatic carbocycles. The number of benzene rings is 1. The Hall–Kier alpha value is -3.35. The van der Waals surface area contributed by atoms with Crippen molar-refractivity contribution >= 4 is 30.4 Å². The third kappa shape index (κ3) is 3.99. The highest BCUT2D eigenvalue weighted by molar-refractivity contribution is 6.36. The van der Waals surface area contributed by atoms with Crippen LogP contribution in [0.4, 0.5) is 5.69 Å². The van der Waals surface area contributed by atoms with Gasteiger partial charge in [0, 0.05) is 31.2 Å². The molecule has 0 bridgehead atoms. The van der Waals surface area contributed by atoms with Crippen LogP contribution in [0.3, 0.4) is 0 Å². The number of hydrogen-bond acceptors (Lipinski definition) is 4. The number of hydrogen-bond donors (Lipinski definition) is 0. The first kappa shape index (κ1) is 22.8. The molecule has 4 heterocycles. The number of aromatic nitrogens is 3. The average molecular weight is 491 g/mol. The van der Waals surface area contributed by atoms with Crippen LogP contribution in [0.25, 0.3) is 16.8 Å². The zero-order chi connectivity index (χ0) is 25.1. The fourth-order valence-electron chi connectivity index (χ4n) is 6.48. The van der Waals surface area contributed by atoms with E-state index in [1.807, 2.05) is 15.5 Å². The van der Waals surface area contributed by atoms with Crippen LogP contribution in [0, 0.1) is 0 Å². The number of nitrogens with zero attached hydrogens (tertiary/aromatic N) is 5. The van der Waals surface area contributed by atoms with Gasteiger partial charge < -0.3 is 9.80 Å². The van der Waals surface area contributed by atoms with E-state index >= 15 is 0 Å². The molecule has 7 rings (SSSR count). The van der Waals surface area contributed by atoms with Gasteiger partial charge >= 0.3 is 0 Å². The molecule has 0 spiro atoms. The van der Waals surface area contributed by atoms with Gasteiger partial charge in [0.05, 0.1) is 17.3 Å². The highest BCUT2D eigenvalue weighted by atomic mass is 16.2. The van der Waals surface area contributed by atoms with Gasteiger partial charge in [-0.15, -0.1) is 0 Å². The Morgan fingerprint density at radius 3 is 2.68 bits per heavy atom. The normalized spacial score (nSPS) is 21.7.